The third-order valence-corrected chi connectivity index (χ3v) is 10.3. The maximum Gasteiger partial charge on any atom is 0.408 e. The SMILES string of the molecule is CC(C)c1nc(CN(C(=O)O)[C@H](C(=O)N[C@@H](Cc2ccccc2)[C@@H](O)CN2CCN(Cc3ccc(O)cc3)C[C@H]2C(=O)NC(C)(C)C)C(C)C)cs1. The molecule has 0 bridgehead atoms. The molecule has 1 saturated heterocycles. The zero-order chi connectivity index (χ0) is 38.2. The molecule has 284 valence electrons. The number of carboxylic acid groups (broad SMARTS) is 1. The van der Waals surface area contributed by atoms with Crippen LogP contribution in [0.4, 0.5) is 4.79 Å². The lowest BCUT2D eigenvalue weighted by Crippen LogP contribution is -2.63. The average Bonchev–Trinajstić information content (AvgIpc) is 3.54. The summed E-state index contributed by atoms with van der Waals surface area (Å²) in [7, 11) is 0. The van der Waals surface area contributed by atoms with Gasteiger partial charge in [-0.15, -0.1) is 11.3 Å². The minimum absolute atomic E-state index is 0.0419. The van der Waals surface area contributed by atoms with E-state index in [-0.39, 0.29) is 36.6 Å². The summed E-state index contributed by atoms with van der Waals surface area (Å²) < 4.78 is 0. The summed E-state index contributed by atoms with van der Waals surface area (Å²) in [6, 6.07) is 14.1. The fourth-order valence-corrected chi connectivity index (χ4v) is 7.34. The Kier molecular flexibility index (Phi) is 14.2. The lowest BCUT2D eigenvalue weighted by Gasteiger charge is -2.43. The number of carbonyl (C=O) groups excluding carboxylic acids is 2. The standard InChI is InChI=1S/C39H56N6O6S/c1-25(2)34(45(38(50)51)21-29-24-52-37(40-29)26(3)4)36(49)41-31(19-27-11-9-8-10-12-27)33(47)23-44-18-17-43(20-28-13-15-30(46)16-14-28)22-32(44)35(48)42-39(5,6)7/h8-16,24-26,31-34,46-47H,17-23H2,1-7H3,(H,41,49)(H,42,48)(H,50,51)/t31-,32-,33-,34-/m0/s1. The molecular weight excluding hydrogens is 681 g/mol. The predicted molar refractivity (Wildman–Crippen MR) is 203 cm³/mol. The number of carbonyl (C=O) groups is 3. The van der Waals surface area contributed by atoms with Gasteiger partial charge in [-0.3, -0.25) is 24.3 Å². The second-order valence-electron chi connectivity index (χ2n) is 15.5. The fourth-order valence-electron chi connectivity index (χ4n) is 6.51. The van der Waals surface area contributed by atoms with E-state index in [9.17, 15) is 29.7 Å². The van der Waals surface area contributed by atoms with Crippen molar-refractivity contribution in [2.45, 2.75) is 104 Å². The first-order chi connectivity index (χ1) is 24.5. The number of benzene rings is 2. The van der Waals surface area contributed by atoms with Gasteiger partial charge in [-0.2, -0.15) is 0 Å². The molecule has 52 heavy (non-hydrogen) atoms. The van der Waals surface area contributed by atoms with Gasteiger partial charge in [0.1, 0.15) is 17.8 Å². The van der Waals surface area contributed by atoms with E-state index in [0.717, 1.165) is 21.0 Å². The number of phenolic OH excluding ortho intramolecular Hbond substituents is 1. The summed E-state index contributed by atoms with van der Waals surface area (Å²) in [5.74, 6) is -0.642. The van der Waals surface area contributed by atoms with Gasteiger partial charge in [-0.25, -0.2) is 9.78 Å². The van der Waals surface area contributed by atoms with E-state index < -0.39 is 41.8 Å². The van der Waals surface area contributed by atoms with E-state index in [1.165, 1.54) is 11.3 Å². The van der Waals surface area contributed by atoms with E-state index in [1.54, 1.807) is 26.0 Å². The molecule has 5 N–H and O–H groups in total. The van der Waals surface area contributed by atoms with Gasteiger partial charge in [0.15, 0.2) is 0 Å². The number of β-amino-alcohol motifs (C(OH)–C–C–N with tert-alkyl or cyclic N) is 1. The number of aliphatic hydroxyl groups is 1. The van der Waals surface area contributed by atoms with Crippen molar-refractivity contribution in [2.24, 2.45) is 5.92 Å². The highest BCUT2D eigenvalue weighted by atomic mass is 32.1. The summed E-state index contributed by atoms with van der Waals surface area (Å²) in [6.07, 6.45) is -2.02. The van der Waals surface area contributed by atoms with Crippen molar-refractivity contribution < 1.29 is 29.7 Å². The van der Waals surface area contributed by atoms with Crippen LogP contribution in [-0.2, 0) is 29.1 Å². The summed E-state index contributed by atoms with van der Waals surface area (Å²) in [5, 5.41) is 40.8. The Balaban J connectivity index is 1.56. The quantitative estimate of drug-likeness (QED) is 0.150. The lowest BCUT2D eigenvalue weighted by atomic mass is 9.97. The number of hydrogen-bond donors (Lipinski definition) is 5. The molecule has 1 fully saturated rings. The van der Waals surface area contributed by atoms with Crippen LogP contribution in [0, 0.1) is 5.92 Å². The first kappa shape index (κ1) is 40.7. The van der Waals surface area contributed by atoms with Gasteiger partial charge in [-0.05, 0) is 56.4 Å². The molecule has 4 atom stereocenters. The Bertz CT molecular complexity index is 1610. The average molecular weight is 737 g/mol. The van der Waals surface area contributed by atoms with Crippen LogP contribution in [0.2, 0.25) is 0 Å². The van der Waals surface area contributed by atoms with E-state index in [4.69, 9.17) is 0 Å². The second-order valence-corrected chi connectivity index (χ2v) is 16.3. The monoisotopic (exact) mass is 736 g/mol. The van der Waals surface area contributed by atoms with Crippen molar-refractivity contribution in [3.8, 4) is 5.75 Å². The third kappa shape index (κ3) is 11.7. The number of phenols is 1. The normalized spacial score (nSPS) is 17.5. The molecule has 12 nitrogen and oxygen atoms in total. The molecular formula is C39H56N6O6S. The molecule has 0 aliphatic carbocycles. The van der Waals surface area contributed by atoms with Gasteiger partial charge < -0.3 is 26.0 Å². The van der Waals surface area contributed by atoms with Gasteiger partial charge in [0.25, 0.3) is 0 Å². The van der Waals surface area contributed by atoms with Crippen LogP contribution in [0.25, 0.3) is 0 Å². The predicted octanol–water partition coefficient (Wildman–Crippen LogP) is 4.67. The summed E-state index contributed by atoms with van der Waals surface area (Å²) in [6.45, 7) is 15.7. The number of aromatic hydroxyl groups is 1. The summed E-state index contributed by atoms with van der Waals surface area (Å²) >= 11 is 1.47. The molecule has 2 heterocycles. The van der Waals surface area contributed by atoms with Crippen molar-refractivity contribution in [1.82, 2.24) is 30.3 Å². The molecule has 0 unspecified atom stereocenters. The molecule has 1 aliphatic heterocycles. The molecule has 0 spiro atoms. The number of aromatic nitrogens is 1. The van der Waals surface area contributed by atoms with Gasteiger partial charge in [-0.1, -0.05) is 70.2 Å². The highest BCUT2D eigenvalue weighted by molar-refractivity contribution is 7.09. The molecule has 0 saturated carbocycles. The molecule has 2 aromatic carbocycles. The number of hydrogen-bond acceptors (Lipinski definition) is 9. The highest BCUT2D eigenvalue weighted by Crippen LogP contribution is 2.23. The highest BCUT2D eigenvalue weighted by Gasteiger charge is 2.38. The van der Waals surface area contributed by atoms with E-state index >= 15 is 0 Å². The topological polar surface area (TPSA) is 159 Å². The van der Waals surface area contributed by atoms with E-state index in [2.05, 4.69) is 20.5 Å². The first-order valence-electron chi connectivity index (χ1n) is 18.0. The van der Waals surface area contributed by atoms with Gasteiger partial charge in [0.2, 0.25) is 11.8 Å². The Labute approximate surface area is 311 Å². The Morgan fingerprint density at radius 1 is 1.00 bits per heavy atom. The van der Waals surface area contributed by atoms with Crippen LogP contribution in [0.5, 0.6) is 5.75 Å². The van der Waals surface area contributed by atoms with Crippen molar-refractivity contribution in [1.29, 1.82) is 0 Å². The van der Waals surface area contributed by atoms with Crippen LogP contribution in [0.15, 0.2) is 60.0 Å². The number of nitrogens with zero attached hydrogens (tertiary/aromatic N) is 4. The van der Waals surface area contributed by atoms with Gasteiger partial charge in [0.05, 0.1) is 29.4 Å². The summed E-state index contributed by atoms with van der Waals surface area (Å²) in [4.78, 5) is 50.4. The third-order valence-electron chi connectivity index (χ3n) is 9.11. The second kappa shape index (κ2) is 18.1. The first-order valence-corrected chi connectivity index (χ1v) is 18.9. The van der Waals surface area contributed by atoms with Crippen LogP contribution < -0.4 is 10.6 Å². The molecule has 3 amide bonds. The number of piperazine rings is 1. The molecule has 13 heteroatoms. The number of rotatable bonds is 15. The zero-order valence-electron chi connectivity index (χ0n) is 31.5. The largest absolute Gasteiger partial charge is 0.508 e. The number of nitrogens with one attached hydrogen (secondary N) is 2. The smallest absolute Gasteiger partial charge is 0.408 e. The van der Waals surface area contributed by atoms with E-state index in [1.807, 2.05) is 87.4 Å². The Hall–Kier alpha value is -4.04. The number of aliphatic hydroxyl groups excluding tert-OH is 1. The minimum atomic E-state index is -1.23. The lowest BCUT2D eigenvalue weighted by molar-refractivity contribution is -0.133. The van der Waals surface area contributed by atoms with Crippen molar-refractivity contribution in [2.75, 3.05) is 26.2 Å². The Morgan fingerprint density at radius 2 is 1.67 bits per heavy atom. The van der Waals surface area contributed by atoms with Crippen molar-refractivity contribution >= 4 is 29.2 Å². The van der Waals surface area contributed by atoms with Crippen LogP contribution in [-0.4, -0.2) is 109 Å². The minimum Gasteiger partial charge on any atom is -0.508 e. The van der Waals surface area contributed by atoms with Crippen LogP contribution >= 0.6 is 11.3 Å². The molecule has 1 aliphatic rings. The van der Waals surface area contributed by atoms with Crippen LogP contribution in [0.3, 0.4) is 0 Å². The number of thiazole rings is 1. The Morgan fingerprint density at radius 3 is 2.25 bits per heavy atom. The van der Waals surface area contributed by atoms with Crippen LogP contribution in [0.1, 0.15) is 76.2 Å². The maximum atomic E-state index is 14.2. The zero-order valence-corrected chi connectivity index (χ0v) is 32.3. The van der Waals surface area contributed by atoms with Crippen molar-refractivity contribution in [3.05, 3.63) is 81.8 Å². The van der Waals surface area contributed by atoms with E-state index in [0.29, 0.717) is 38.3 Å². The molecule has 4 rings (SSSR count). The fraction of sp³-hybridized carbons (Fsp3) is 0.538. The summed E-state index contributed by atoms with van der Waals surface area (Å²) in [5.41, 5.74) is 2.02. The van der Waals surface area contributed by atoms with Gasteiger partial charge in [0, 0.05) is 49.6 Å². The van der Waals surface area contributed by atoms with Gasteiger partial charge >= 0.3 is 6.09 Å². The molecule has 0 radical (unpaired) electrons. The number of amides is 3. The molecule has 3 aromatic rings. The maximum absolute atomic E-state index is 14.2. The molecule has 1 aromatic heterocycles. The van der Waals surface area contributed by atoms with Crippen molar-refractivity contribution in [3.63, 3.8) is 0 Å².